The first-order valence-corrected chi connectivity index (χ1v) is 18.8. The number of hydrogen-bond donors (Lipinski definition) is 0. The van der Waals surface area contributed by atoms with E-state index >= 15 is 0 Å². The van der Waals surface area contributed by atoms with Gasteiger partial charge in [0.2, 0.25) is 0 Å². The molecule has 5 aromatic carbocycles. The molecule has 2 aliphatic rings. The lowest BCUT2D eigenvalue weighted by Crippen LogP contribution is -2.29. The molecule has 8 heteroatoms. The number of hydrogen-bond acceptors (Lipinski definition) is 7. The van der Waals surface area contributed by atoms with Gasteiger partial charge in [-0.3, -0.25) is 24.5 Å². The van der Waals surface area contributed by atoms with Gasteiger partial charge >= 0.3 is 0 Å². The molecular weight excluding hydrogens is 689 g/mol. The van der Waals surface area contributed by atoms with Crippen LogP contribution in [0.4, 0.5) is 11.5 Å². The maximum absolute atomic E-state index is 5.27. The van der Waals surface area contributed by atoms with Crippen molar-refractivity contribution in [3.63, 3.8) is 0 Å². The number of anilines is 2. The van der Waals surface area contributed by atoms with Crippen molar-refractivity contribution >= 4 is 65.9 Å². The number of benzene rings is 5. The molecule has 5 aromatic heterocycles. The van der Waals surface area contributed by atoms with E-state index in [-0.39, 0.29) is 12.0 Å². The van der Waals surface area contributed by atoms with E-state index in [1.54, 1.807) is 0 Å². The summed E-state index contributed by atoms with van der Waals surface area (Å²) in [5, 5.41) is 6.37. The molecule has 8 nitrogen and oxygen atoms in total. The summed E-state index contributed by atoms with van der Waals surface area (Å²) >= 11 is 0. The molecule has 0 saturated heterocycles. The number of aromatic nitrogens is 7. The Balaban J connectivity index is 1.000. The molecule has 262 valence electrons. The Morgan fingerprint density at radius 3 is 1.79 bits per heavy atom. The largest absolute Gasteiger partial charge is 0.317 e. The third kappa shape index (κ3) is 4.47. The highest BCUT2D eigenvalue weighted by Gasteiger charge is 2.38. The molecule has 0 fully saturated rings. The fraction of sp³-hybridized carbons (Fsp3) is 0.0417. The molecular formula is C48H30N8. The number of allylic oxidation sites excluding steroid dienone is 2. The second-order valence-electron chi connectivity index (χ2n) is 14.3. The van der Waals surface area contributed by atoms with Crippen LogP contribution in [0.25, 0.3) is 82.7 Å². The van der Waals surface area contributed by atoms with E-state index in [1.165, 1.54) is 16.3 Å². The predicted octanol–water partition coefficient (Wildman–Crippen LogP) is 10.7. The van der Waals surface area contributed by atoms with Gasteiger partial charge in [-0.25, -0.2) is 9.97 Å². The average molecular weight is 719 g/mol. The van der Waals surface area contributed by atoms with Gasteiger partial charge in [-0.1, -0.05) is 103 Å². The topological polar surface area (TPSA) is 85.5 Å². The van der Waals surface area contributed by atoms with Gasteiger partial charge in [-0.2, -0.15) is 0 Å². The van der Waals surface area contributed by atoms with Gasteiger partial charge in [-0.05, 0) is 41.3 Å². The molecule has 1 aliphatic heterocycles. The van der Waals surface area contributed by atoms with Gasteiger partial charge < -0.3 is 4.90 Å². The highest BCUT2D eigenvalue weighted by Crippen LogP contribution is 2.47. The molecule has 0 bridgehead atoms. The lowest BCUT2D eigenvalue weighted by Gasteiger charge is -2.27. The molecule has 56 heavy (non-hydrogen) atoms. The number of nitrogens with zero attached hydrogens (tertiary/aromatic N) is 8. The molecule has 2 unspecified atom stereocenters. The monoisotopic (exact) mass is 718 g/mol. The summed E-state index contributed by atoms with van der Waals surface area (Å²) in [4.78, 5) is 32.3. The van der Waals surface area contributed by atoms with Crippen LogP contribution in [-0.2, 0) is 0 Å². The van der Waals surface area contributed by atoms with Gasteiger partial charge in [0.05, 0.1) is 64.3 Å². The van der Waals surface area contributed by atoms with Crippen molar-refractivity contribution in [2.24, 2.45) is 0 Å². The van der Waals surface area contributed by atoms with Crippen molar-refractivity contribution in [1.29, 1.82) is 0 Å². The highest BCUT2D eigenvalue weighted by molar-refractivity contribution is 6.21. The molecule has 0 radical (unpaired) electrons. The zero-order valence-corrected chi connectivity index (χ0v) is 29.9. The zero-order chi connectivity index (χ0) is 36.7. The summed E-state index contributed by atoms with van der Waals surface area (Å²) in [5.74, 6) is 1.84. The van der Waals surface area contributed by atoms with Crippen LogP contribution in [0.3, 0.4) is 0 Å². The van der Waals surface area contributed by atoms with Crippen molar-refractivity contribution in [2.75, 3.05) is 4.90 Å². The first-order valence-electron chi connectivity index (χ1n) is 18.8. The van der Waals surface area contributed by atoms with Crippen molar-refractivity contribution in [1.82, 2.24) is 34.5 Å². The Bertz CT molecular complexity index is 3250. The molecule has 0 N–H and O–H groups in total. The minimum atomic E-state index is 0.138. The SMILES string of the molecule is C1=CC2c3ccccc3N(c3cncc(-c4ccnc5c4ccc4ccc6c(-c7cncc(-n8c9ccccc9c9ccccc98)n7)ccnc6c45)n3)C2C=C1. The van der Waals surface area contributed by atoms with Crippen LogP contribution in [0, 0.1) is 0 Å². The summed E-state index contributed by atoms with van der Waals surface area (Å²) in [6.45, 7) is 0. The second-order valence-corrected chi connectivity index (χ2v) is 14.3. The van der Waals surface area contributed by atoms with Gasteiger partial charge in [0.25, 0.3) is 0 Å². The number of pyridine rings is 2. The number of para-hydroxylation sites is 3. The second kappa shape index (κ2) is 12.0. The fourth-order valence-corrected chi connectivity index (χ4v) is 9.00. The maximum Gasteiger partial charge on any atom is 0.156 e. The van der Waals surface area contributed by atoms with Crippen LogP contribution in [0.15, 0.2) is 171 Å². The number of rotatable bonds is 4. The standard InChI is InChI=1S/C48H30N8/c1-5-13-40-32(9-1)33-10-2-6-14-41(33)55(40)44-27-49-25-38(53-44)30-21-23-51-47-36(30)19-17-29-18-20-37-31(22-24-52-48(37)46(29)47)39-26-50-28-45(54-39)56-42-15-7-3-11-34(42)35-12-4-8-16-43(35)56/h1-28,32,40H. The van der Waals surface area contributed by atoms with Crippen molar-refractivity contribution in [2.45, 2.75) is 12.0 Å². The fourth-order valence-electron chi connectivity index (χ4n) is 9.00. The van der Waals surface area contributed by atoms with Gasteiger partial charge in [-0.15, -0.1) is 0 Å². The Morgan fingerprint density at radius 1 is 0.500 bits per heavy atom. The zero-order valence-electron chi connectivity index (χ0n) is 29.9. The van der Waals surface area contributed by atoms with E-state index in [1.807, 2.05) is 49.3 Å². The Labute approximate surface area is 320 Å². The molecule has 1 aliphatic carbocycles. The number of fused-ring (bicyclic) bond motifs is 11. The Kier molecular flexibility index (Phi) is 6.59. The first-order chi connectivity index (χ1) is 27.8. The quantitative estimate of drug-likeness (QED) is 0.167. The first kappa shape index (κ1) is 30.8. The van der Waals surface area contributed by atoms with Crippen LogP contribution in [0.2, 0.25) is 0 Å². The van der Waals surface area contributed by atoms with E-state index in [4.69, 9.17) is 29.9 Å². The van der Waals surface area contributed by atoms with E-state index in [0.717, 1.165) is 83.4 Å². The summed E-state index contributed by atoms with van der Waals surface area (Å²) in [6, 6.07) is 38.2. The molecule has 12 rings (SSSR count). The van der Waals surface area contributed by atoms with E-state index in [2.05, 4.69) is 131 Å². The van der Waals surface area contributed by atoms with E-state index in [9.17, 15) is 0 Å². The molecule has 0 amide bonds. The van der Waals surface area contributed by atoms with E-state index in [0.29, 0.717) is 0 Å². The Morgan fingerprint density at radius 2 is 1.09 bits per heavy atom. The van der Waals surface area contributed by atoms with Gasteiger partial charge in [0.1, 0.15) is 0 Å². The van der Waals surface area contributed by atoms with Crippen LogP contribution in [0.5, 0.6) is 0 Å². The highest BCUT2D eigenvalue weighted by atomic mass is 15.2. The average Bonchev–Trinajstić information content (AvgIpc) is 3.79. The summed E-state index contributed by atoms with van der Waals surface area (Å²) in [7, 11) is 0. The van der Waals surface area contributed by atoms with Crippen molar-refractivity contribution in [3.05, 3.63) is 176 Å². The minimum absolute atomic E-state index is 0.138. The normalized spacial score (nSPS) is 16.0. The molecule has 10 aromatic rings. The summed E-state index contributed by atoms with van der Waals surface area (Å²) < 4.78 is 2.19. The predicted molar refractivity (Wildman–Crippen MR) is 224 cm³/mol. The Hall–Kier alpha value is -7.58. The van der Waals surface area contributed by atoms with E-state index < -0.39 is 0 Å². The van der Waals surface area contributed by atoms with Crippen LogP contribution in [-0.4, -0.2) is 40.5 Å². The molecule has 0 spiro atoms. The third-order valence-electron chi connectivity index (χ3n) is 11.4. The molecule has 0 saturated carbocycles. The lowest BCUT2D eigenvalue weighted by molar-refractivity contribution is 0.737. The smallest absolute Gasteiger partial charge is 0.156 e. The maximum atomic E-state index is 5.27. The third-order valence-corrected chi connectivity index (χ3v) is 11.4. The summed E-state index contributed by atoms with van der Waals surface area (Å²) in [6.07, 6.45) is 19.9. The lowest BCUT2D eigenvalue weighted by atomic mass is 9.91. The molecule has 2 atom stereocenters. The van der Waals surface area contributed by atoms with Crippen molar-refractivity contribution in [3.8, 4) is 28.3 Å². The minimum Gasteiger partial charge on any atom is -0.317 e. The van der Waals surface area contributed by atoms with Crippen LogP contribution in [0.1, 0.15) is 11.5 Å². The molecule has 6 heterocycles. The van der Waals surface area contributed by atoms with Crippen molar-refractivity contribution < 1.29 is 0 Å². The van der Waals surface area contributed by atoms with Gasteiger partial charge in [0, 0.05) is 62.1 Å². The van der Waals surface area contributed by atoms with Crippen LogP contribution < -0.4 is 4.90 Å². The summed E-state index contributed by atoms with van der Waals surface area (Å²) in [5.41, 5.74) is 9.84. The van der Waals surface area contributed by atoms with Gasteiger partial charge in [0.15, 0.2) is 11.6 Å². The van der Waals surface area contributed by atoms with Crippen LogP contribution >= 0.6 is 0 Å².